The lowest BCUT2D eigenvalue weighted by Gasteiger charge is -2.35. The van der Waals surface area contributed by atoms with Gasteiger partial charge in [-0.1, -0.05) is 0 Å². The molecule has 0 radical (unpaired) electrons. The van der Waals surface area contributed by atoms with Crippen LogP contribution in [0.25, 0.3) is 11.0 Å². The molecule has 0 aromatic carbocycles. The Morgan fingerprint density at radius 1 is 1.28 bits per heavy atom. The van der Waals surface area contributed by atoms with E-state index in [0.717, 1.165) is 28.8 Å². The summed E-state index contributed by atoms with van der Waals surface area (Å²) < 4.78 is 30.0. The summed E-state index contributed by atoms with van der Waals surface area (Å²) in [5.41, 5.74) is 1.62. The number of nitrogens with zero attached hydrogens (tertiary/aromatic N) is 6. The molecule has 3 aromatic heterocycles. The highest BCUT2D eigenvalue weighted by Gasteiger charge is 2.41. The fourth-order valence-corrected chi connectivity index (χ4v) is 4.10. The third-order valence-electron chi connectivity index (χ3n) is 5.69. The van der Waals surface area contributed by atoms with Crippen molar-refractivity contribution in [2.75, 3.05) is 25.1 Å². The monoisotopic (exact) mass is 401 g/mol. The van der Waals surface area contributed by atoms with Crippen molar-refractivity contribution in [1.29, 1.82) is 0 Å². The van der Waals surface area contributed by atoms with Crippen molar-refractivity contribution in [1.82, 2.24) is 29.5 Å². The first-order valence-electron chi connectivity index (χ1n) is 9.90. The molecule has 0 unspecified atom stereocenters. The first-order chi connectivity index (χ1) is 13.9. The Balaban J connectivity index is 1.59. The van der Waals surface area contributed by atoms with Gasteiger partial charge in [0.15, 0.2) is 11.3 Å². The van der Waals surface area contributed by atoms with E-state index in [-0.39, 0.29) is 6.61 Å². The number of aromatic nitrogens is 6. The van der Waals surface area contributed by atoms with Gasteiger partial charge in [-0.25, -0.2) is 14.1 Å². The van der Waals surface area contributed by atoms with Gasteiger partial charge in [0.25, 0.3) is 5.88 Å². The van der Waals surface area contributed by atoms with Gasteiger partial charge in [0.2, 0.25) is 5.95 Å². The first-order valence-corrected chi connectivity index (χ1v) is 9.90. The maximum Gasteiger partial charge on any atom is 0.257 e. The molecule has 1 N–H and O–H groups in total. The Morgan fingerprint density at radius 3 is 2.97 bits per heavy atom. The van der Waals surface area contributed by atoms with Crippen LogP contribution < -0.4 is 10.1 Å². The van der Waals surface area contributed by atoms with Crippen LogP contribution in [0.1, 0.15) is 37.2 Å². The molecule has 154 valence electrons. The molecule has 0 aliphatic carbocycles. The molecule has 3 aromatic rings. The van der Waals surface area contributed by atoms with Gasteiger partial charge in [-0.15, -0.1) is 5.10 Å². The molecule has 2 aliphatic heterocycles. The SMILES string of the molecule is Cc1nn2c3nc(ncc13)Nc1c(nn([C@H]3CCOC[C@]3(C)F)c1C)OCCC2. The molecule has 2 atom stereocenters. The highest BCUT2D eigenvalue weighted by Crippen LogP contribution is 2.39. The molecule has 9 nitrogen and oxygen atoms in total. The van der Waals surface area contributed by atoms with Crippen molar-refractivity contribution in [2.24, 2.45) is 0 Å². The van der Waals surface area contributed by atoms with E-state index in [1.54, 1.807) is 17.8 Å². The minimum Gasteiger partial charge on any atom is -0.475 e. The fourth-order valence-electron chi connectivity index (χ4n) is 4.10. The van der Waals surface area contributed by atoms with E-state index in [0.29, 0.717) is 43.7 Å². The van der Waals surface area contributed by atoms with Crippen LogP contribution in [0.2, 0.25) is 0 Å². The van der Waals surface area contributed by atoms with Gasteiger partial charge in [0, 0.05) is 25.8 Å². The molecule has 1 saturated heterocycles. The van der Waals surface area contributed by atoms with Crippen LogP contribution in [-0.2, 0) is 11.3 Å². The Bertz CT molecular complexity index is 1070. The number of aryl methyl sites for hydroxylation is 2. The number of halogens is 1. The smallest absolute Gasteiger partial charge is 0.257 e. The molecule has 0 saturated carbocycles. The van der Waals surface area contributed by atoms with Crippen molar-refractivity contribution in [3.8, 4) is 5.88 Å². The highest BCUT2D eigenvalue weighted by molar-refractivity contribution is 5.79. The lowest BCUT2D eigenvalue weighted by molar-refractivity contribution is -0.0605. The normalized spacial score (nSPS) is 24.6. The molecule has 0 amide bonds. The van der Waals surface area contributed by atoms with E-state index in [2.05, 4.69) is 25.5 Å². The van der Waals surface area contributed by atoms with Gasteiger partial charge < -0.3 is 14.8 Å². The topological polar surface area (TPSA) is 91.9 Å². The average molecular weight is 401 g/mol. The second-order valence-electron chi connectivity index (χ2n) is 7.91. The van der Waals surface area contributed by atoms with Crippen molar-refractivity contribution in [3.63, 3.8) is 0 Å². The molecule has 29 heavy (non-hydrogen) atoms. The summed E-state index contributed by atoms with van der Waals surface area (Å²) in [5.74, 6) is 0.868. The van der Waals surface area contributed by atoms with Crippen LogP contribution in [0.3, 0.4) is 0 Å². The predicted molar refractivity (Wildman–Crippen MR) is 104 cm³/mol. The van der Waals surface area contributed by atoms with Crippen molar-refractivity contribution >= 4 is 22.7 Å². The van der Waals surface area contributed by atoms with Gasteiger partial charge in [0.05, 0.1) is 36.0 Å². The number of alkyl halides is 1. The number of rotatable bonds is 1. The maximum atomic E-state index is 15.1. The summed E-state index contributed by atoms with van der Waals surface area (Å²) >= 11 is 0. The zero-order valence-corrected chi connectivity index (χ0v) is 16.8. The van der Waals surface area contributed by atoms with Crippen LogP contribution in [0.5, 0.6) is 5.88 Å². The highest BCUT2D eigenvalue weighted by atomic mass is 19.1. The zero-order chi connectivity index (χ0) is 20.2. The van der Waals surface area contributed by atoms with Crippen LogP contribution in [0, 0.1) is 13.8 Å². The molecular weight excluding hydrogens is 377 g/mol. The summed E-state index contributed by atoms with van der Waals surface area (Å²) in [5, 5.41) is 13.3. The molecule has 0 spiro atoms. The Hall–Kier alpha value is -2.75. The minimum atomic E-state index is -1.51. The lowest BCUT2D eigenvalue weighted by Crippen LogP contribution is -2.42. The maximum absolute atomic E-state index is 15.1. The van der Waals surface area contributed by atoms with Gasteiger partial charge in [-0.2, -0.15) is 10.1 Å². The van der Waals surface area contributed by atoms with E-state index < -0.39 is 11.7 Å². The second-order valence-corrected chi connectivity index (χ2v) is 7.91. The Morgan fingerprint density at radius 2 is 2.14 bits per heavy atom. The summed E-state index contributed by atoms with van der Waals surface area (Å²) in [6.45, 7) is 7.12. The molecule has 1 fully saturated rings. The van der Waals surface area contributed by atoms with Gasteiger partial charge in [0.1, 0.15) is 5.69 Å². The van der Waals surface area contributed by atoms with E-state index in [9.17, 15) is 0 Å². The predicted octanol–water partition coefficient (Wildman–Crippen LogP) is 2.86. The Labute approximate surface area is 167 Å². The molecular formula is C19H24FN7O2. The molecule has 2 bridgehead atoms. The zero-order valence-electron chi connectivity index (χ0n) is 16.8. The average Bonchev–Trinajstić information content (AvgIpc) is 3.15. The lowest BCUT2D eigenvalue weighted by atomic mass is 9.94. The Kier molecular flexibility index (Phi) is 4.19. The minimum absolute atomic E-state index is 0.0546. The summed E-state index contributed by atoms with van der Waals surface area (Å²) in [7, 11) is 0. The van der Waals surface area contributed by atoms with Crippen molar-refractivity contribution < 1.29 is 13.9 Å². The number of fused-ring (bicyclic) bond motifs is 2. The van der Waals surface area contributed by atoms with Crippen LogP contribution in [-0.4, -0.2) is 55.0 Å². The van der Waals surface area contributed by atoms with E-state index in [4.69, 9.17) is 9.47 Å². The standard InChI is InChI=1S/C19H24FN7O2/c1-11-13-9-21-18-22-15-12(2)27(14-5-8-28-10-19(14,3)20)25-17(15)29-7-4-6-26(24-11)16(13)23-18/h9,14H,4-8,10H2,1-3H3,(H,21,22,23)/t14-,19-/m0/s1. The third-order valence-corrected chi connectivity index (χ3v) is 5.69. The number of hydrogen-bond acceptors (Lipinski definition) is 7. The van der Waals surface area contributed by atoms with Gasteiger partial charge >= 0.3 is 0 Å². The summed E-state index contributed by atoms with van der Waals surface area (Å²) in [6.07, 6.45) is 3.08. The molecule has 5 rings (SSSR count). The van der Waals surface area contributed by atoms with Gasteiger partial charge in [-0.05, 0) is 27.2 Å². The van der Waals surface area contributed by atoms with Gasteiger partial charge in [-0.3, -0.25) is 4.68 Å². The van der Waals surface area contributed by atoms with E-state index >= 15 is 4.39 Å². The van der Waals surface area contributed by atoms with E-state index in [1.807, 2.05) is 18.5 Å². The number of anilines is 2. The summed E-state index contributed by atoms with van der Waals surface area (Å²) in [4.78, 5) is 9.10. The van der Waals surface area contributed by atoms with E-state index in [1.165, 1.54) is 0 Å². The largest absolute Gasteiger partial charge is 0.475 e. The number of ether oxygens (including phenoxy) is 2. The molecule has 2 aliphatic rings. The van der Waals surface area contributed by atoms with Crippen LogP contribution in [0.4, 0.5) is 16.0 Å². The van der Waals surface area contributed by atoms with Crippen LogP contribution >= 0.6 is 0 Å². The first kappa shape index (κ1) is 18.3. The molecule has 5 heterocycles. The summed E-state index contributed by atoms with van der Waals surface area (Å²) in [6, 6.07) is -0.422. The van der Waals surface area contributed by atoms with Crippen molar-refractivity contribution in [3.05, 3.63) is 17.6 Å². The van der Waals surface area contributed by atoms with Crippen molar-refractivity contribution in [2.45, 2.75) is 51.9 Å². The second kappa shape index (κ2) is 6.65. The third kappa shape index (κ3) is 3.02. The molecule has 10 heteroatoms. The number of hydrogen-bond donors (Lipinski definition) is 1. The van der Waals surface area contributed by atoms with Crippen LogP contribution in [0.15, 0.2) is 6.20 Å². The number of nitrogens with one attached hydrogen (secondary N) is 1. The quantitative estimate of drug-likeness (QED) is 0.670. The fraction of sp³-hybridized carbons (Fsp3) is 0.579.